The van der Waals surface area contributed by atoms with E-state index >= 15 is 0 Å². The van der Waals surface area contributed by atoms with Crippen LogP contribution in [0.25, 0.3) is 0 Å². The molecule has 0 fully saturated rings. The minimum Gasteiger partial charge on any atom is -0.305 e. The molecule has 0 aliphatic heterocycles. The third-order valence-corrected chi connectivity index (χ3v) is 2.56. The maximum Gasteiger partial charge on any atom is 0.104 e. The summed E-state index contributed by atoms with van der Waals surface area (Å²) in [7, 11) is 0. The van der Waals surface area contributed by atoms with Gasteiger partial charge in [0.15, 0.2) is 0 Å². The van der Waals surface area contributed by atoms with Crippen LogP contribution in [0.15, 0.2) is 24.7 Å². The fourth-order valence-corrected chi connectivity index (χ4v) is 1.77. The first kappa shape index (κ1) is 11.7. The monoisotopic (exact) mass is 231 g/mol. The lowest BCUT2D eigenvalue weighted by atomic mass is 10.0. The van der Waals surface area contributed by atoms with Crippen LogP contribution in [0.4, 0.5) is 0 Å². The molecule has 2 aromatic heterocycles. The molecule has 2 heterocycles. The van der Waals surface area contributed by atoms with Gasteiger partial charge < -0.3 is 5.32 Å². The van der Waals surface area contributed by atoms with Crippen molar-refractivity contribution >= 4 is 0 Å². The largest absolute Gasteiger partial charge is 0.305 e. The van der Waals surface area contributed by atoms with Gasteiger partial charge in [-0.25, -0.2) is 0 Å². The van der Waals surface area contributed by atoms with Crippen LogP contribution in [0.5, 0.6) is 0 Å². The number of nitrogens with one attached hydrogen (secondary N) is 2. The molecule has 0 bridgehead atoms. The molecule has 5 heteroatoms. The Morgan fingerprint density at radius 3 is 2.88 bits per heavy atom. The molecule has 1 unspecified atom stereocenters. The summed E-state index contributed by atoms with van der Waals surface area (Å²) in [5.41, 5.74) is 3.16. The van der Waals surface area contributed by atoms with E-state index in [2.05, 4.69) is 38.7 Å². The van der Waals surface area contributed by atoms with Crippen molar-refractivity contribution in [2.45, 2.75) is 26.3 Å². The lowest BCUT2D eigenvalue weighted by Gasteiger charge is -2.16. The molecule has 90 valence electrons. The first-order valence-corrected chi connectivity index (χ1v) is 5.82. The van der Waals surface area contributed by atoms with Crippen molar-refractivity contribution in [1.82, 2.24) is 25.7 Å². The van der Waals surface area contributed by atoms with Crippen molar-refractivity contribution < 1.29 is 0 Å². The Labute approximate surface area is 101 Å². The molecule has 0 radical (unpaired) electrons. The minimum absolute atomic E-state index is 0.0566. The lowest BCUT2D eigenvalue weighted by Crippen LogP contribution is -2.23. The fraction of sp³-hybridized carbons (Fsp3) is 0.417. The first-order valence-electron chi connectivity index (χ1n) is 5.82. The van der Waals surface area contributed by atoms with Gasteiger partial charge in [-0.2, -0.15) is 15.4 Å². The second-order valence-electron chi connectivity index (χ2n) is 4.08. The van der Waals surface area contributed by atoms with Gasteiger partial charge in [-0.05, 0) is 31.0 Å². The third-order valence-electron chi connectivity index (χ3n) is 2.56. The standard InChI is InChI=1S/C12H17N5/c1-3-4-14-12(11-8-15-17-16-11)10-5-9(2)6-13-7-10/h5-8,12,14H,3-4H2,1-2H3,(H,15,16,17). The quantitative estimate of drug-likeness (QED) is 0.820. The summed E-state index contributed by atoms with van der Waals surface area (Å²) in [6, 6.07) is 2.18. The van der Waals surface area contributed by atoms with Gasteiger partial charge in [-0.3, -0.25) is 4.98 Å². The van der Waals surface area contributed by atoms with Gasteiger partial charge in [0.2, 0.25) is 0 Å². The van der Waals surface area contributed by atoms with E-state index in [1.165, 1.54) is 0 Å². The molecular formula is C12H17N5. The summed E-state index contributed by atoms with van der Waals surface area (Å²) in [6.45, 7) is 5.11. The smallest absolute Gasteiger partial charge is 0.104 e. The number of rotatable bonds is 5. The van der Waals surface area contributed by atoms with Crippen LogP contribution < -0.4 is 5.32 Å². The van der Waals surface area contributed by atoms with Crippen LogP contribution in [-0.2, 0) is 0 Å². The minimum atomic E-state index is 0.0566. The predicted molar refractivity (Wildman–Crippen MR) is 65.5 cm³/mol. The van der Waals surface area contributed by atoms with Gasteiger partial charge in [0.05, 0.1) is 12.2 Å². The number of pyridine rings is 1. The maximum atomic E-state index is 4.22. The van der Waals surface area contributed by atoms with E-state index in [1.807, 2.05) is 19.3 Å². The van der Waals surface area contributed by atoms with E-state index in [4.69, 9.17) is 0 Å². The first-order chi connectivity index (χ1) is 8.31. The normalized spacial score (nSPS) is 12.6. The molecule has 2 aromatic rings. The topological polar surface area (TPSA) is 66.5 Å². The van der Waals surface area contributed by atoms with E-state index in [9.17, 15) is 0 Å². The van der Waals surface area contributed by atoms with E-state index < -0.39 is 0 Å². The number of hydrogen-bond donors (Lipinski definition) is 2. The molecule has 2 N–H and O–H groups in total. The Hall–Kier alpha value is -1.75. The highest BCUT2D eigenvalue weighted by molar-refractivity contribution is 5.26. The number of hydrogen-bond acceptors (Lipinski definition) is 4. The van der Waals surface area contributed by atoms with Crippen molar-refractivity contribution in [3.8, 4) is 0 Å². The third kappa shape index (κ3) is 2.88. The molecule has 0 aromatic carbocycles. The molecular weight excluding hydrogens is 214 g/mol. The number of nitrogens with zero attached hydrogens (tertiary/aromatic N) is 3. The summed E-state index contributed by atoms with van der Waals surface area (Å²) in [4.78, 5) is 4.22. The number of aromatic nitrogens is 4. The van der Waals surface area contributed by atoms with Crippen LogP contribution in [0.1, 0.15) is 36.2 Å². The summed E-state index contributed by atoms with van der Waals surface area (Å²) in [6.07, 6.45) is 6.54. The van der Waals surface area contributed by atoms with Crippen LogP contribution in [0.2, 0.25) is 0 Å². The summed E-state index contributed by atoms with van der Waals surface area (Å²) >= 11 is 0. The SMILES string of the molecule is CCCNC(c1cncc(C)c1)c1cn[nH]n1. The van der Waals surface area contributed by atoms with Gasteiger partial charge in [0.25, 0.3) is 0 Å². The summed E-state index contributed by atoms with van der Waals surface area (Å²) < 4.78 is 0. The highest BCUT2D eigenvalue weighted by atomic mass is 15.3. The van der Waals surface area contributed by atoms with Gasteiger partial charge in [0, 0.05) is 12.4 Å². The molecule has 2 rings (SSSR count). The Kier molecular flexibility index (Phi) is 3.82. The number of H-pyrrole nitrogens is 1. The molecule has 0 spiro atoms. The molecule has 5 nitrogen and oxygen atoms in total. The molecule has 17 heavy (non-hydrogen) atoms. The van der Waals surface area contributed by atoms with Gasteiger partial charge >= 0.3 is 0 Å². The van der Waals surface area contributed by atoms with Crippen LogP contribution in [-0.4, -0.2) is 26.9 Å². The fourth-order valence-electron chi connectivity index (χ4n) is 1.77. The van der Waals surface area contributed by atoms with E-state index in [-0.39, 0.29) is 6.04 Å². The average molecular weight is 231 g/mol. The van der Waals surface area contributed by atoms with Gasteiger partial charge in [0.1, 0.15) is 5.69 Å². The maximum absolute atomic E-state index is 4.22. The Morgan fingerprint density at radius 1 is 1.35 bits per heavy atom. The zero-order valence-corrected chi connectivity index (χ0v) is 10.1. The number of aromatic amines is 1. The van der Waals surface area contributed by atoms with E-state index in [0.717, 1.165) is 29.8 Å². The molecule has 0 saturated heterocycles. The zero-order chi connectivity index (χ0) is 12.1. The zero-order valence-electron chi connectivity index (χ0n) is 10.1. The van der Waals surface area contributed by atoms with Crippen LogP contribution in [0, 0.1) is 6.92 Å². The highest BCUT2D eigenvalue weighted by Crippen LogP contribution is 2.19. The predicted octanol–water partition coefficient (Wildman–Crippen LogP) is 1.60. The van der Waals surface area contributed by atoms with Crippen LogP contribution >= 0.6 is 0 Å². The van der Waals surface area contributed by atoms with E-state index in [0.29, 0.717) is 0 Å². The highest BCUT2D eigenvalue weighted by Gasteiger charge is 2.16. The van der Waals surface area contributed by atoms with E-state index in [1.54, 1.807) is 6.20 Å². The lowest BCUT2D eigenvalue weighted by molar-refractivity contribution is 0.583. The Bertz CT molecular complexity index is 452. The van der Waals surface area contributed by atoms with Crippen LogP contribution in [0.3, 0.4) is 0 Å². The Balaban J connectivity index is 2.27. The molecule has 0 amide bonds. The van der Waals surface area contributed by atoms with Gasteiger partial charge in [-0.15, -0.1) is 0 Å². The summed E-state index contributed by atoms with van der Waals surface area (Å²) in [5.74, 6) is 0. The van der Waals surface area contributed by atoms with Crippen molar-refractivity contribution in [2.75, 3.05) is 6.54 Å². The average Bonchev–Trinajstić information content (AvgIpc) is 2.83. The second kappa shape index (κ2) is 5.54. The number of aryl methyl sites for hydroxylation is 1. The second-order valence-corrected chi connectivity index (χ2v) is 4.08. The van der Waals surface area contributed by atoms with Gasteiger partial charge in [-0.1, -0.05) is 13.0 Å². The Morgan fingerprint density at radius 2 is 2.24 bits per heavy atom. The van der Waals surface area contributed by atoms with Crippen molar-refractivity contribution in [2.24, 2.45) is 0 Å². The summed E-state index contributed by atoms with van der Waals surface area (Å²) in [5, 5.41) is 14.1. The van der Waals surface area contributed by atoms with Crippen molar-refractivity contribution in [3.05, 3.63) is 41.5 Å². The van der Waals surface area contributed by atoms with Crippen molar-refractivity contribution in [1.29, 1.82) is 0 Å². The molecule has 0 aliphatic rings. The molecule has 0 saturated carbocycles. The van der Waals surface area contributed by atoms with Crippen molar-refractivity contribution in [3.63, 3.8) is 0 Å². The molecule has 0 aliphatic carbocycles. The molecule has 1 atom stereocenters.